The summed E-state index contributed by atoms with van der Waals surface area (Å²) in [6.07, 6.45) is 11.1. The van der Waals surface area contributed by atoms with E-state index in [-0.39, 0.29) is 11.2 Å². The van der Waals surface area contributed by atoms with E-state index < -0.39 is 5.67 Å². The Morgan fingerprint density at radius 1 is 0.917 bits per heavy atom. The molecule has 0 saturated heterocycles. The van der Waals surface area contributed by atoms with Crippen molar-refractivity contribution >= 4 is 0 Å². The molecule has 5 fully saturated rings. The van der Waals surface area contributed by atoms with Gasteiger partial charge >= 0.3 is 0 Å². The molecule has 0 aromatic heterocycles. The van der Waals surface area contributed by atoms with Crippen LogP contribution in [0.1, 0.15) is 91.9 Å². The lowest BCUT2D eigenvalue weighted by molar-refractivity contribution is -0.263. The quantitative estimate of drug-likeness (QED) is 0.585. The molecule has 138 valence electrons. The third-order valence-electron chi connectivity index (χ3n) is 8.50. The molecule has 24 heavy (non-hydrogen) atoms. The molecule has 1 nitrogen and oxygen atoms in total. The first-order valence-electron chi connectivity index (χ1n) is 10.7. The van der Waals surface area contributed by atoms with Crippen molar-refractivity contribution in [2.45, 2.75) is 109 Å². The maximum absolute atomic E-state index is 15.4. The lowest BCUT2D eigenvalue weighted by Gasteiger charge is -2.62. The lowest BCUT2D eigenvalue weighted by Crippen LogP contribution is -2.61. The second-order valence-electron chi connectivity index (χ2n) is 10.4. The Morgan fingerprint density at radius 3 is 2.00 bits per heavy atom. The molecule has 0 N–H and O–H groups in total. The molecule has 0 aliphatic heterocycles. The Labute approximate surface area is 148 Å². The Kier molecular flexibility index (Phi) is 4.11. The zero-order chi connectivity index (χ0) is 17.2. The first-order chi connectivity index (χ1) is 11.3. The van der Waals surface area contributed by atoms with Gasteiger partial charge in [-0.05, 0) is 94.8 Å². The molecule has 0 spiro atoms. The van der Waals surface area contributed by atoms with E-state index in [1.54, 1.807) is 0 Å². The van der Waals surface area contributed by atoms with Gasteiger partial charge in [0.05, 0.1) is 11.2 Å². The normalized spacial score (nSPS) is 56.6. The fraction of sp³-hybridized carbons (Fsp3) is 1.00. The number of rotatable bonds is 4. The molecule has 0 aromatic rings. The Bertz CT molecular complexity index is 460. The molecule has 2 heteroatoms. The summed E-state index contributed by atoms with van der Waals surface area (Å²) in [4.78, 5) is 0. The minimum atomic E-state index is -1.02. The third-order valence-corrected chi connectivity index (χ3v) is 8.50. The number of hydrogen-bond donors (Lipinski definition) is 0. The smallest absolute Gasteiger partial charge is 0.113 e. The summed E-state index contributed by atoms with van der Waals surface area (Å²) >= 11 is 0. The van der Waals surface area contributed by atoms with E-state index >= 15 is 4.39 Å². The van der Waals surface area contributed by atoms with E-state index in [1.165, 1.54) is 32.1 Å². The van der Waals surface area contributed by atoms with Crippen LogP contribution in [0.25, 0.3) is 0 Å². The molecule has 0 aromatic carbocycles. The number of hydrogen-bond acceptors (Lipinski definition) is 1. The van der Waals surface area contributed by atoms with Crippen LogP contribution in [0.15, 0.2) is 0 Å². The summed E-state index contributed by atoms with van der Waals surface area (Å²) in [5.41, 5.74) is -1.28. The first-order valence-corrected chi connectivity index (χ1v) is 10.7. The Morgan fingerprint density at radius 2 is 1.50 bits per heavy atom. The fourth-order valence-electron chi connectivity index (χ4n) is 7.47. The third kappa shape index (κ3) is 2.75. The largest absolute Gasteiger partial charge is 0.368 e. The summed E-state index contributed by atoms with van der Waals surface area (Å²) in [6.45, 7) is 8.86. The van der Waals surface area contributed by atoms with E-state index in [0.29, 0.717) is 18.8 Å². The van der Waals surface area contributed by atoms with Crippen LogP contribution in [-0.4, -0.2) is 16.9 Å². The van der Waals surface area contributed by atoms with Gasteiger partial charge in [-0.25, -0.2) is 4.39 Å². The standard InChI is InChI=1S/C22H37FO/c1-5-15-12-20(3,14-22(23,6-2)13-15)24-21(4)18-8-16-7-17(10-18)11-19(21)9-16/h15-19H,5-14H2,1-4H3. The summed E-state index contributed by atoms with van der Waals surface area (Å²) in [5, 5.41) is 0. The van der Waals surface area contributed by atoms with E-state index in [0.717, 1.165) is 42.9 Å². The summed E-state index contributed by atoms with van der Waals surface area (Å²) < 4.78 is 22.4. The molecule has 3 atom stereocenters. The monoisotopic (exact) mass is 336 g/mol. The highest BCUT2D eigenvalue weighted by atomic mass is 19.1. The van der Waals surface area contributed by atoms with E-state index in [9.17, 15) is 0 Å². The Balaban J connectivity index is 1.56. The molecule has 5 aliphatic rings. The van der Waals surface area contributed by atoms with Crippen molar-refractivity contribution in [3.63, 3.8) is 0 Å². The molecular weight excluding hydrogens is 299 g/mol. The predicted octanol–water partition coefficient (Wildman–Crippen LogP) is 6.30. The van der Waals surface area contributed by atoms with Gasteiger partial charge in [0.25, 0.3) is 0 Å². The van der Waals surface area contributed by atoms with Gasteiger partial charge in [0.2, 0.25) is 0 Å². The van der Waals surface area contributed by atoms with Crippen LogP contribution in [-0.2, 0) is 4.74 Å². The average Bonchev–Trinajstić information content (AvgIpc) is 2.51. The highest BCUT2D eigenvalue weighted by Crippen LogP contribution is 2.61. The van der Waals surface area contributed by atoms with Gasteiger partial charge in [0.1, 0.15) is 5.67 Å². The van der Waals surface area contributed by atoms with Crippen molar-refractivity contribution in [2.75, 3.05) is 0 Å². The van der Waals surface area contributed by atoms with Gasteiger partial charge in [0.15, 0.2) is 0 Å². The van der Waals surface area contributed by atoms with Crippen LogP contribution in [0.4, 0.5) is 4.39 Å². The van der Waals surface area contributed by atoms with Crippen molar-refractivity contribution in [1.82, 2.24) is 0 Å². The van der Waals surface area contributed by atoms with Gasteiger partial charge < -0.3 is 4.74 Å². The SMILES string of the molecule is CCC1CC(F)(CC)CC(C)(OC2(C)C3CC4CC(C3)CC2C4)C1. The van der Waals surface area contributed by atoms with Crippen molar-refractivity contribution in [1.29, 1.82) is 0 Å². The molecule has 0 amide bonds. The Hall–Kier alpha value is -0.110. The van der Waals surface area contributed by atoms with Crippen LogP contribution >= 0.6 is 0 Å². The summed E-state index contributed by atoms with van der Waals surface area (Å²) in [6, 6.07) is 0. The maximum atomic E-state index is 15.4. The molecule has 0 heterocycles. The second-order valence-corrected chi connectivity index (χ2v) is 10.4. The zero-order valence-corrected chi connectivity index (χ0v) is 16.2. The van der Waals surface area contributed by atoms with Gasteiger partial charge in [0, 0.05) is 6.42 Å². The van der Waals surface area contributed by atoms with E-state index in [1.807, 2.05) is 6.92 Å². The zero-order valence-electron chi connectivity index (χ0n) is 16.2. The number of halogens is 1. The van der Waals surface area contributed by atoms with Gasteiger partial charge in [-0.3, -0.25) is 0 Å². The number of ether oxygens (including phenoxy) is 1. The van der Waals surface area contributed by atoms with E-state index in [4.69, 9.17) is 4.74 Å². The molecule has 5 saturated carbocycles. The van der Waals surface area contributed by atoms with Crippen LogP contribution < -0.4 is 0 Å². The molecular formula is C22H37FO. The van der Waals surface area contributed by atoms with Gasteiger partial charge in [-0.1, -0.05) is 20.3 Å². The first kappa shape index (κ1) is 17.3. The topological polar surface area (TPSA) is 9.23 Å². The van der Waals surface area contributed by atoms with Crippen LogP contribution in [0, 0.1) is 29.6 Å². The molecule has 3 unspecified atom stereocenters. The number of alkyl halides is 1. The van der Waals surface area contributed by atoms with Crippen molar-refractivity contribution in [2.24, 2.45) is 29.6 Å². The summed E-state index contributed by atoms with van der Waals surface area (Å²) in [7, 11) is 0. The molecule has 5 aliphatic carbocycles. The average molecular weight is 337 g/mol. The second kappa shape index (κ2) is 5.69. The maximum Gasteiger partial charge on any atom is 0.113 e. The van der Waals surface area contributed by atoms with E-state index in [2.05, 4.69) is 20.8 Å². The predicted molar refractivity (Wildman–Crippen MR) is 96.7 cm³/mol. The molecule has 5 rings (SSSR count). The molecule has 0 radical (unpaired) electrons. The highest BCUT2D eigenvalue weighted by molar-refractivity contribution is 5.08. The van der Waals surface area contributed by atoms with Crippen LogP contribution in [0.3, 0.4) is 0 Å². The van der Waals surface area contributed by atoms with Gasteiger partial charge in [-0.2, -0.15) is 0 Å². The van der Waals surface area contributed by atoms with Crippen molar-refractivity contribution in [3.05, 3.63) is 0 Å². The molecule has 4 bridgehead atoms. The minimum Gasteiger partial charge on any atom is -0.368 e. The van der Waals surface area contributed by atoms with Crippen molar-refractivity contribution in [3.8, 4) is 0 Å². The van der Waals surface area contributed by atoms with Crippen LogP contribution in [0.5, 0.6) is 0 Å². The van der Waals surface area contributed by atoms with Gasteiger partial charge in [-0.15, -0.1) is 0 Å². The highest BCUT2D eigenvalue weighted by Gasteiger charge is 2.58. The van der Waals surface area contributed by atoms with Crippen molar-refractivity contribution < 1.29 is 9.13 Å². The van der Waals surface area contributed by atoms with Crippen LogP contribution in [0.2, 0.25) is 0 Å². The lowest BCUT2D eigenvalue weighted by atomic mass is 9.50. The fourth-order valence-corrected chi connectivity index (χ4v) is 7.47. The minimum absolute atomic E-state index is 0.00640. The summed E-state index contributed by atoms with van der Waals surface area (Å²) in [5.74, 6) is 3.85.